The van der Waals surface area contributed by atoms with E-state index in [0.29, 0.717) is 38.2 Å². The summed E-state index contributed by atoms with van der Waals surface area (Å²) < 4.78 is 0. The van der Waals surface area contributed by atoms with Gasteiger partial charge in [0.2, 0.25) is 5.91 Å². The van der Waals surface area contributed by atoms with E-state index in [-0.39, 0.29) is 23.4 Å². The van der Waals surface area contributed by atoms with E-state index in [1.807, 2.05) is 20.8 Å². The molecule has 2 heterocycles. The fraction of sp³-hybridized carbons (Fsp3) is 0.500. The van der Waals surface area contributed by atoms with E-state index in [1.54, 1.807) is 28.0 Å². The van der Waals surface area contributed by atoms with Crippen molar-refractivity contribution in [3.05, 3.63) is 29.3 Å². The number of nitrogens with zero attached hydrogens (tertiary/aromatic N) is 2. The molecule has 1 saturated heterocycles. The lowest BCUT2D eigenvalue weighted by atomic mass is 10.1. The molecule has 134 valence electrons. The number of hydrogen-bond acceptors (Lipinski definition) is 3. The summed E-state index contributed by atoms with van der Waals surface area (Å²) in [5.41, 5.74) is 1.95. The summed E-state index contributed by atoms with van der Waals surface area (Å²) in [6.45, 7) is 7.86. The molecule has 2 N–H and O–H groups in total. The number of carbonyl (C=O) groups is 3. The van der Waals surface area contributed by atoms with Crippen molar-refractivity contribution in [1.29, 1.82) is 0 Å². The van der Waals surface area contributed by atoms with Crippen LogP contribution in [-0.4, -0.2) is 59.4 Å². The Morgan fingerprint density at radius 3 is 2.36 bits per heavy atom. The van der Waals surface area contributed by atoms with Crippen molar-refractivity contribution in [2.45, 2.75) is 32.7 Å². The summed E-state index contributed by atoms with van der Waals surface area (Å²) in [6.07, 6.45) is 0.317. The average Bonchev–Trinajstić information content (AvgIpc) is 2.91. The van der Waals surface area contributed by atoms with Gasteiger partial charge in [-0.05, 0) is 44.5 Å². The maximum Gasteiger partial charge on any atom is 0.317 e. The Morgan fingerprint density at radius 1 is 1.08 bits per heavy atom. The molecule has 0 spiro atoms. The van der Waals surface area contributed by atoms with E-state index >= 15 is 0 Å². The van der Waals surface area contributed by atoms with Crippen LogP contribution >= 0.6 is 0 Å². The highest BCUT2D eigenvalue weighted by Crippen LogP contribution is 2.24. The molecule has 0 aliphatic carbocycles. The lowest BCUT2D eigenvalue weighted by Crippen LogP contribution is -2.56. The summed E-state index contributed by atoms with van der Waals surface area (Å²) in [4.78, 5) is 39.8. The topological polar surface area (TPSA) is 81.8 Å². The third-order valence-electron chi connectivity index (χ3n) is 4.31. The number of fused-ring (bicyclic) bond motifs is 1. The van der Waals surface area contributed by atoms with Crippen LogP contribution in [0.5, 0.6) is 0 Å². The number of anilines is 1. The number of amides is 4. The van der Waals surface area contributed by atoms with Crippen LogP contribution in [0, 0.1) is 0 Å². The molecule has 1 fully saturated rings. The molecule has 4 amide bonds. The SMILES string of the molecule is CC(C)(C)NC(=O)N1CCN(C(=O)c2ccc3c(c2)CC(=O)N3)CC1. The van der Waals surface area contributed by atoms with Gasteiger partial charge in [-0.1, -0.05) is 0 Å². The number of hydrogen-bond donors (Lipinski definition) is 2. The summed E-state index contributed by atoms with van der Waals surface area (Å²) in [5, 5.41) is 5.71. The Balaban J connectivity index is 1.60. The number of nitrogens with one attached hydrogen (secondary N) is 2. The molecule has 7 heteroatoms. The first-order valence-corrected chi connectivity index (χ1v) is 8.52. The predicted octanol–water partition coefficient (Wildman–Crippen LogP) is 1.45. The van der Waals surface area contributed by atoms with Crippen LogP contribution in [0.4, 0.5) is 10.5 Å². The minimum Gasteiger partial charge on any atom is -0.335 e. The molecule has 1 aromatic carbocycles. The number of benzene rings is 1. The molecule has 2 aliphatic heterocycles. The molecule has 0 unspecified atom stereocenters. The molecule has 0 bridgehead atoms. The summed E-state index contributed by atoms with van der Waals surface area (Å²) in [5.74, 6) is -0.101. The fourth-order valence-electron chi connectivity index (χ4n) is 3.06. The van der Waals surface area contributed by atoms with Gasteiger partial charge in [0.25, 0.3) is 5.91 Å². The van der Waals surface area contributed by atoms with E-state index in [9.17, 15) is 14.4 Å². The Kier molecular flexibility index (Phi) is 4.41. The van der Waals surface area contributed by atoms with Gasteiger partial charge in [-0.3, -0.25) is 9.59 Å². The Hall–Kier alpha value is -2.57. The minimum absolute atomic E-state index is 0.0434. The summed E-state index contributed by atoms with van der Waals surface area (Å²) in [7, 11) is 0. The van der Waals surface area contributed by atoms with Crippen molar-refractivity contribution >= 4 is 23.5 Å². The number of urea groups is 1. The van der Waals surface area contributed by atoms with Gasteiger partial charge in [0.1, 0.15) is 0 Å². The monoisotopic (exact) mass is 344 g/mol. The Morgan fingerprint density at radius 2 is 1.72 bits per heavy atom. The van der Waals surface area contributed by atoms with Crippen molar-refractivity contribution in [2.24, 2.45) is 0 Å². The largest absolute Gasteiger partial charge is 0.335 e. The van der Waals surface area contributed by atoms with E-state index < -0.39 is 0 Å². The smallest absolute Gasteiger partial charge is 0.317 e. The van der Waals surface area contributed by atoms with Crippen molar-refractivity contribution in [2.75, 3.05) is 31.5 Å². The van der Waals surface area contributed by atoms with E-state index in [0.717, 1.165) is 11.3 Å². The Bertz CT molecular complexity index is 716. The highest BCUT2D eigenvalue weighted by Gasteiger charge is 2.27. The lowest BCUT2D eigenvalue weighted by Gasteiger charge is -2.36. The van der Waals surface area contributed by atoms with Gasteiger partial charge in [-0.15, -0.1) is 0 Å². The third kappa shape index (κ3) is 3.92. The van der Waals surface area contributed by atoms with E-state index in [2.05, 4.69) is 10.6 Å². The highest BCUT2D eigenvalue weighted by atomic mass is 16.2. The molecular weight excluding hydrogens is 320 g/mol. The molecule has 3 rings (SSSR count). The zero-order valence-electron chi connectivity index (χ0n) is 14.9. The first kappa shape index (κ1) is 17.3. The normalized spacial score (nSPS) is 17.2. The second-order valence-corrected chi connectivity index (χ2v) is 7.56. The molecule has 7 nitrogen and oxygen atoms in total. The summed E-state index contributed by atoms with van der Waals surface area (Å²) >= 11 is 0. The van der Waals surface area contributed by atoms with Crippen LogP contribution in [-0.2, 0) is 11.2 Å². The van der Waals surface area contributed by atoms with Gasteiger partial charge in [0.15, 0.2) is 0 Å². The minimum atomic E-state index is -0.278. The van der Waals surface area contributed by atoms with Crippen LogP contribution < -0.4 is 10.6 Å². The molecule has 25 heavy (non-hydrogen) atoms. The molecule has 0 radical (unpaired) electrons. The quantitative estimate of drug-likeness (QED) is 0.809. The third-order valence-corrected chi connectivity index (χ3v) is 4.31. The standard InChI is InChI=1S/C18H24N4O3/c1-18(2,3)20-17(25)22-8-6-21(7-9-22)16(24)12-4-5-14-13(10-12)11-15(23)19-14/h4-5,10H,6-9,11H2,1-3H3,(H,19,23)(H,20,25). The van der Waals surface area contributed by atoms with Gasteiger partial charge in [-0.2, -0.15) is 0 Å². The second kappa shape index (κ2) is 6.38. The zero-order chi connectivity index (χ0) is 18.2. The summed E-state index contributed by atoms with van der Waals surface area (Å²) in [6, 6.07) is 5.21. The van der Waals surface area contributed by atoms with Crippen molar-refractivity contribution < 1.29 is 14.4 Å². The van der Waals surface area contributed by atoms with Crippen LogP contribution in [0.3, 0.4) is 0 Å². The second-order valence-electron chi connectivity index (χ2n) is 7.56. The van der Waals surface area contributed by atoms with E-state index in [4.69, 9.17) is 0 Å². The van der Waals surface area contributed by atoms with Gasteiger partial charge in [-0.25, -0.2) is 4.79 Å². The number of carbonyl (C=O) groups excluding carboxylic acids is 3. The van der Waals surface area contributed by atoms with E-state index in [1.165, 1.54) is 0 Å². The van der Waals surface area contributed by atoms with Crippen molar-refractivity contribution in [3.8, 4) is 0 Å². The van der Waals surface area contributed by atoms with Crippen LogP contribution in [0.1, 0.15) is 36.7 Å². The first-order valence-electron chi connectivity index (χ1n) is 8.52. The maximum absolute atomic E-state index is 12.7. The highest BCUT2D eigenvalue weighted by molar-refractivity contribution is 6.01. The fourth-order valence-corrected chi connectivity index (χ4v) is 3.06. The van der Waals surface area contributed by atoms with Crippen molar-refractivity contribution in [1.82, 2.24) is 15.1 Å². The average molecular weight is 344 g/mol. The van der Waals surface area contributed by atoms with Gasteiger partial charge in [0, 0.05) is 43.0 Å². The van der Waals surface area contributed by atoms with Gasteiger partial charge < -0.3 is 20.4 Å². The van der Waals surface area contributed by atoms with Crippen LogP contribution in [0.15, 0.2) is 18.2 Å². The lowest BCUT2D eigenvalue weighted by molar-refractivity contribution is -0.115. The predicted molar refractivity (Wildman–Crippen MR) is 94.5 cm³/mol. The zero-order valence-corrected chi connectivity index (χ0v) is 14.9. The van der Waals surface area contributed by atoms with Crippen LogP contribution in [0.2, 0.25) is 0 Å². The van der Waals surface area contributed by atoms with Crippen LogP contribution in [0.25, 0.3) is 0 Å². The van der Waals surface area contributed by atoms with Crippen molar-refractivity contribution in [3.63, 3.8) is 0 Å². The molecule has 0 aromatic heterocycles. The molecule has 0 saturated carbocycles. The molecule has 0 atom stereocenters. The van der Waals surface area contributed by atoms with Gasteiger partial charge >= 0.3 is 6.03 Å². The molecule has 2 aliphatic rings. The Labute approximate surface area is 147 Å². The van der Waals surface area contributed by atoms with Gasteiger partial charge in [0.05, 0.1) is 6.42 Å². The number of piperazine rings is 1. The number of rotatable bonds is 1. The maximum atomic E-state index is 12.7. The first-order chi connectivity index (χ1) is 11.7. The molecular formula is C18H24N4O3. The molecule has 1 aromatic rings.